The summed E-state index contributed by atoms with van der Waals surface area (Å²) in [5, 5.41) is 14.4. The molecular weight excluding hydrogens is 570 g/mol. The lowest BCUT2D eigenvalue weighted by molar-refractivity contribution is -0.291. The van der Waals surface area contributed by atoms with Crippen LogP contribution in [0.5, 0.6) is 0 Å². The topological polar surface area (TPSA) is 161 Å². The van der Waals surface area contributed by atoms with Crippen molar-refractivity contribution in [3.8, 4) is 0 Å². The highest BCUT2D eigenvalue weighted by Gasteiger charge is 2.53. The van der Waals surface area contributed by atoms with Crippen molar-refractivity contribution in [3.05, 3.63) is 102 Å². The largest absolute Gasteiger partial charge is 0.449 e. The number of anilines is 1. The molecule has 44 heavy (non-hydrogen) atoms. The van der Waals surface area contributed by atoms with Crippen LogP contribution in [0.2, 0.25) is 0 Å². The number of nitrogens with one attached hydrogen (secondary N) is 3. The molecule has 0 unspecified atom stereocenters. The number of aliphatic hydroxyl groups excluding tert-OH is 1. The summed E-state index contributed by atoms with van der Waals surface area (Å²) in [5.74, 6) is -1.61. The molecule has 12 heteroatoms. The van der Waals surface area contributed by atoms with Crippen LogP contribution in [0.4, 0.5) is 10.5 Å². The lowest BCUT2D eigenvalue weighted by Crippen LogP contribution is -2.63. The van der Waals surface area contributed by atoms with Gasteiger partial charge in [0.2, 0.25) is 0 Å². The van der Waals surface area contributed by atoms with Gasteiger partial charge in [-0.3, -0.25) is 5.32 Å². The summed E-state index contributed by atoms with van der Waals surface area (Å²) in [6, 6.07) is 26.3. The Hall–Kier alpha value is -5.17. The first-order chi connectivity index (χ1) is 21.4. The first-order valence-electron chi connectivity index (χ1n) is 13.8. The number of aliphatic hydroxyl groups is 1. The number of carbonyl (C=O) groups is 3. The van der Waals surface area contributed by atoms with Crippen molar-refractivity contribution in [2.45, 2.75) is 30.7 Å². The predicted octanol–water partition coefficient (Wildman–Crippen LogP) is 4.38. The molecule has 3 heterocycles. The second kappa shape index (κ2) is 12.6. The van der Waals surface area contributed by atoms with Gasteiger partial charge in [-0.1, -0.05) is 54.6 Å². The predicted molar refractivity (Wildman–Crippen MR) is 158 cm³/mol. The van der Waals surface area contributed by atoms with Gasteiger partial charge in [0.05, 0.1) is 6.61 Å². The zero-order valence-corrected chi connectivity index (χ0v) is 23.5. The summed E-state index contributed by atoms with van der Waals surface area (Å²) < 4.78 is 28.8. The highest BCUT2D eigenvalue weighted by molar-refractivity contribution is 5.96. The third kappa shape index (κ3) is 5.99. The Morgan fingerprint density at radius 3 is 1.84 bits per heavy atom. The van der Waals surface area contributed by atoms with Gasteiger partial charge >= 0.3 is 18.0 Å². The molecule has 0 aliphatic carbocycles. The summed E-state index contributed by atoms with van der Waals surface area (Å²) in [4.78, 5) is 45.9. The Balaban J connectivity index is 1.32. The van der Waals surface area contributed by atoms with Crippen molar-refractivity contribution in [2.75, 3.05) is 19.0 Å². The van der Waals surface area contributed by atoms with Crippen LogP contribution >= 0.6 is 0 Å². The summed E-state index contributed by atoms with van der Waals surface area (Å²) >= 11 is 0. The minimum absolute atomic E-state index is 0.111. The van der Waals surface area contributed by atoms with Crippen molar-refractivity contribution in [1.29, 1.82) is 0 Å². The van der Waals surface area contributed by atoms with Crippen molar-refractivity contribution >= 4 is 45.5 Å². The van der Waals surface area contributed by atoms with Gasteiger partial charge in [0.1, 0.15) is 17.5 Å². The van der Waals surface area contributed by atoms with Crippen molar-refractivity contribution in [2.24, 2.45) is 0 Å². The van der Waals surface area contributed by atoms with E-state index in [2.05, 4.69) is 15.3 Å². The molecule has 1 saturated heterocycles. The number of methoxy groups -OCH3 is 1. The van der Waals surface area contributed by atoms with E-state index in [4.69, 9.17) is 23.7 Å². The van der Waals surface area contributed by atoms with Gasteiger partial charge in [0.25, 0.3) is 0 Å². The maximum absolute atomic E-state index is 13.5. The summed E-state index contributed by atoms with van der Waals surface area (Å²) in [5.41, 5.74) is 2.10. The molecule has 3 aromatic carbocycles. The van der Waals surface area contributed by atoms with E-state index in [0.29, 0.717) is 16.7 Å². The molecule has 2 aromatic heterocycles. The van der Waals surface area contributed by atoms with Gasteiger partial charge in [-0.05, 0) is 36.4 Å². The van der Waals surface area contributed by atoms with E-state index in [1.165, 1.54) is 7.11 Å². The highest BCUT2D eigenvalue weighted by Crippen LogP contribution is 2.31. The number of fused-ring (bicyclic) bond motifs is 2. The molecule has 5 atom stereocenters. The van der Waals surface area contributed by atoms with Gasteiger partial charge < -0.3 is 38.8 Å². The van der Waals surface area contributed by atoms with Crippen LogP contribution in [0.15, 0.2) is 91.0 Å². The normalized spacial score (nSPS) is 21.5. The van der Waals surface area contributed by atoms with Crippen LogP contribution in [0, 0.1) is 0 Å². The fourth-order valence-corrected chi connectivity index (χ4v) is 5.15. The molecule has 226 valence electrons. The summed E-state index contributed by atoms with van der Waals surface area (Å²) in [7, 11) is 1.31. The third-order valence-electron chi connectivity index (χ3n) is 7.25. The summed E-state index contributed by atoms with van der Waals surface area (Å²) in [6.07, 6.45) is -7.69. The van der Waals surface area contributed by atoms with E-state index >= 15 is 0 Å². The van der Waals surface area contributed by atoms with Gasteiger partial charge in [-0.25, -0.2) is 14.4 Å². The van der Waals surface area contributed by atoms with Crippen LogP contribution in [0.25, 0.3) is 21.8 Å². The lowest BCUT2D eigenvalue weighted by atomic mass is 9.98. The number of aromatic amines is 2. The summed E-state index contributed by atoms with van der Waals surface area (Å²) in [6.45, 7) is -0.633. The van der Waals surface area contributed by atoms with Crippen molar-refractivity contribution in [1.82, 2.24) is 9.97 Å². The molecule has 4 N–H and O–H groups in total. The fraction of sp³-hybridized carbons (Fsp3) is 0.219. The second-order valence-electron chi connectivity index (χ2n) is 10.1. The Kier molecular flexibility index (Phi) is 8.28. The Morgan fingerprint density at radius 1 is 0.750 bits per heavy atom. The number of para-hydroxylation sites is 3. The standard InChI is InChI=1S/C32H29N3O9/c1-40-31-28(43-30(38)24-16-19-10-6-8-14-22(19)35-24)27(42-29(37)23-15-18-9-5-7-13-21(18)34-23)26(25(17-36)41-31)44-32(39)33-20-11-3-2-4-12-20/h2-16,25-28,31,34-36H,17H2,1H3,(H,33,39)/t25-,26-,27+,28-,31+/m1/s1. The molecule has 0 bridgehead atoms. The number of hydrogen-bond acceptors (Lipinski definition) is 9. The third-order valence-corrected chi connectivity index (χ3v) is 7.25. The number of hydrogen-bond donors (Lipinski definition) is 4. The first-order valence-corrected chi connectivity index (χ1v) is 13.8. The fourth-order valence-electron chi connectivity index (χ4n) is 5.15. The zero-order valence-electron chi connectivity index (χ0n) is 23.5. The number of carbonyl (C=O) groups excluding carboxylic acids is 3. The minimum atomic E-state index is -1.46. The maximum Gasteiger partial charge on any atom is 0.412 e. The smallest absolute Gasteiger partial charge is 0.412 e. The van der Waals surface area contributed by atoms with E-state index in [-0.39, 0.29) is 11.4 Å². The quantitative estimate of drug-likeness (QED) is 0.150. The van der Waals surface area contributed by atoms with E-state index in [0.717, 1.165) is 10.8 Å². The number of benzene rings is 3. The average molecular weight is 600 g/mol. The molecule has 12 nitrogen and oxygen atoms in total. The van der Waals surface area contributed by atoms with Gasteiger partial charge in [-0.15, -0.1) is 0 Å². The van der Waals surface area contributed by atoms with Crippen molar-refractivity contribution in [3.63, 3.8) is 0 Å². The second-order valence-corrected chi connectivity index (χ2v) is 10.1. The average Bonchev–Trinajstić information content (AvgIpc) is 3.68. The Labute approximate surface area is 250 Å². The molecule has 5 aromatic rings. The number of ether oxygens (including phenoxy) is 5. The van der Waals surface area contributed by atoms with E-state index in [9.17, 15) is 19.5 Å². The number of H-pyrrole nitrogens is 2. The molecule has 1 aliphatic rings. The Bertz CT molecular complexity index is 1720. The molecular formula is C32H29N3O9. The van der Waals surface area contributed by atoms with Crippen LogP contribution in [0.1, 0.15) is 21.0 Å². The van der Waals surface area contributed by atoms with Gasteiger partial charge in [0.15, 0.2) is 24.6 Å². The van der Waals surface area contributed by atoms with Crippen molar-refractivity contribution < 1.29 is 43.2 Å². The molecule has 0 radical (unpaired) electrons. The Morgan fingerprint density at radius 2 is 1.30 bits per heavy atom. The minimum Gasteiger partial charge on any atom is -0.449 e. The first kappa shape index (κ1) is 28.9. The van der Waals surface area contributed by atoms with Gasteiger partial charge in [-0.2, -0.15) is 0 Å². The van der Waals surface area contributed by atoms with E-state index in [1.807, 2.05) is 36.4 Å². The van der Waals surface area contributed by atoms with E-state index in [1.54, 1.807) is 54.6 Å². The maximum atomic E-state index is 13.5. The number of aromatic nitrogens is 2. The number of amides is 1. The van der Waals surface area contributed by atoms with Crippen LogP contribution in [-0.2, 0) is 23.7 Å². The number of rotatable bonds is 8. The molecule has 6 rings (SSSR count). The van der Waals surface area contributed by atoms with E-state index < -0.39 is 55.3 Å². The molecule has 1 fully saturated rings. The highest BCUT2D eigenvalue weighted by atomic mass is 16.7. The molecule has 0 spiro atoms. The molecule has 1 aliphatic heterocycles. The monoisotopic (exact) mass is 599 g/mol. The zero-order chi connectivity index (χ0) is 30.6. The SMILES string of the molecule is CO[C@H]1O[C@H](CO)[C@@H](OC(=O)Nc2ccccc2)[C@H](OC(=O)c2cc3ccccc3[nH]2)[C@H]1OC(=O)c1cc2ccccc2[nH]1. The molecule has 0 saturated carbocycles. The van der Waals surface area contributed by atoms with Crippen LogP contribution in [0.3, 0.4) is 0 Å². The van der Waals surface area contributed by atoms with Crippen LogP contribution < -0.4 is 5.32 Å². The lowest BCUT2D eigenvalue weighted by Gasteiger charge is -2.43. The van der Waals surface area contributed by atoms with Crippen LogP contribution in [-0.4, -0.2) is 77.5 Å². The van der Waals surface area contributed by atoms with Gasteiger partial charge in [0, 0.05) is 34.6 Å². The molecule has 1 amide bonds. The number of esters is 2.